The number of carbonyl (C=O) groups excluding carboxylic acids is 1. The summed E-state index contributed by atoms with van der Waals surface area (Å²) in [5.74, 6) is 0.286. The maximum absolute atomic E-state index is 13.3. The van der Waals surface area contributed by atoms with Gasteiger partial charge in [-0.1, -0.05) is 49.4 Å². The molecule has 2 N–H and O–H groups in total. The Morgan fingerprint density at radius 2 is 1.68 bits per heavy atom. The molecule has 3 aromatic carbocycles. The van der Waals surface area contributed by atoms with Gasteiger partial charge in [-0.3, -0.25) is 9.52 Å². The highest BCUT2D eigenvalue weighted by atomic mass is 32.2. The van der Waals surface area contributed by atoms with Crippen LogP contribution in [0.3, 0.4) is 0 Å². The Bertz CT molecular complexity index is 1350. The van der Waals surface area contributed by atoms with Gasteiger partial charge >= 0.3 is 0 Å². The molecule has 0 bridgehead atoms. The van der Waals surface area contributed by atoms with Crippen LogP contribution in [-0.2, 0) is 14.8 Å². The SMILES string of the molecule is CO[C@@H]1CN(C)C(=O)c2ccc(NS(=O)(=O)c3ccc(-c4ccccc4)cc3)cc2OC[C@H](C)NC[C@H]1C. The van der Waals surface area contributed by atoms with Gasteiger partial charge in [-0.25, -0.2) is 8.42 Å². The topological polar surface area (TPSA) is 97.0 Å². The molecule has 202 valence electrons. The second-order valence-corrected chi connectivity index (χ2v) is 11.4. The Hall–Kier alpha value is -3.40. The van der Waals surface area contributed by atoms with Crippen molar-refractivity contribution in [1.29, 1.82) is 0 Å². The van der Waals surface area contributed by atoms with Crippen LogP contribution in [0.4, 0.5) is 5.69 Å². The smallest absolute Gasteiger partial charge is 0.261 e. The van der Waals surface area contributed by atoms with Crippen LogP contribution in [0.15, 0.2) is 77.7 Å². The van der Waals surface area contributed by atoms with Crippen LogP contribution in [0.1, 0.15) is 24.2 Å². The zero-order valence-electron chi connectivity index (χ0n) is 22.2. The van der Waals surface area contributed by atoms with Crippen molar-refractivity contribution in [1.82, 2.24) is 10.2 Å². The molecule has 1 aliphatic rings. The number of ether oxygens (including phenoxy) is 2. The molecule has 9 heteroatoms. The number of nitrogens with zero attached hydrogens (tertiary/aromatic N) is 1. The molecule has 0 radical (unpaired) electrons. The lowest BCUT2D eigenvalue weighted by molar-refractivity contribution is 0.0281. The molecule has 0 unspecified atom stereocenters. The summed E-state index contributed by atoms with van der Waals surface area (Å²) >= 11 is 0. The first-order valence-electron chi connectivity index (χ1n) is 12.6. The summed E-state index contributed by atoms with van der Waals surface area (Å²) in [4.78, 5) is 15.1. The Morgan fingerprint density at radius 3 is 2.37 bits per heavy atom. The lowest BCUT2D eigenvalue weighted by Crippen LogP contribution is -2.44. The molecule has 3 aromatic rings. The van der Waals surface area contributed by atoms with E-state index >= 15 is 0 Å². The quantitative estimate of drug-likeness (QED) is 0.505. The standard InChI is InChI=1S/C29H35N3O5S/c1-20-17-30-21(2)19-37-27-16-24(12-15-26(27)29(33)32(3)18-28(20)36-4)31-38(34,35)25-13-10-23(11-14-25)22-8-6-5-7-9-22/h5-16,20-21,28,30-31H,17-19H2,1-4H3/t20-,21+,28-/m1/s1. The largest absolute Gasteiger partial charge is 0.491 e. The number of rotatable bonds is 5. The van der Waals surface area contributed by atoms with E-state index in [1.165, 1.54) is 0 Å². The third-order valence-electron chi connectivity index (χ3n) is 6.75. The lowest BCUT2D eigenvalue weighted by Gasteiger charge is -2.30. The van der Waals surface area contributed by atoms with E-state index in [0.29, 0.717) is 36.7 Å². The van der Waals surface area contributed by atoms with Crippen LogP contribution in [-0.4, -0.2) is 65.2 Å². The van der Waals surface area contributed by atoms with Crippen molar-refractivity contribution in [3.8, 4) is 16.9 Å². The van der Waals surface area contributed by atoms with E-state index in [0.717, 1.165) is 11.1 Å². The van der Waals surface area contributed by atoms with Gasteiger partial charge in [-0.2, -0.15) is 0 Å². The number of nitrogens with one attached hydrogen (secondary N) is 2. The van der Waals surface area contributed by atoms with Gasteiger partial charge in [0.15, 0.2) is 0 Å². The summed E-state index contributed by atoms with van der Waals surface area (Å²) in [6, 6.07) is 21.2. The van der Waals surface area contributed by atoms with E-state index in [4.69, 9.17) is 9.47 Å². The molecule has 3 atom stereocenters. The maximum Gasteiger partial charge on any atom is 0.261 e. The predicted octanol–water partition coefficient (Wildman–Crippen LogP) is 4.25. The summed E-state index contributed by atoms with van der Waals surface area (Å²) in [5, 5.41) is 3.44. The minimum Gasteiger partial charge on any atom is -0.491 e. The maximum atomic E-state index is 13.3. The fourth-order valence-electron chi connectivity index (χ4n) is 4.39. The number of carbonyl (C=O) groups is 1. The van der Waals surface area contributed by atoms with Crippen molar-refractivity contribution < 1.29 is 22.7 Å². The fourth-order valence-corrected chi connectivity index (χ4v) is 5.44. The Kier molecular flexibility index (Phi) is 8.71. The van der Waals surface area contributed by atoms with Crippen LogP contribution in [0, 0.1) is 5.92 Å². The zero-order valence-corrected chi connectivity index (χ0v) is 23.0. The summed E-state index contributed by atoms with van der Waals surface area (Å²) in [6.45, 7) is 5.52. The van der Waals surface area contributed by atoms with Gasteiger partial charge < -0.3 is 19.7 Å². The van der Waals surface area contributed by atoms with E-state index in [2.05, 4.69) is 17.0 Å². The molecule has 0 saturated heterocycles. The fraction of sp³-hybridized carbons (Fsp3) is 0.345. The van der Waals surface area contributed by atoms with Gasteiger partial charge in [0.1, 0.15) is 12.4 Å². The Balaban J connectivity index is 1.58. The highest BCUT2D eigenvalue weighted by Crippen LogP contribution is 2.28. The third-order valence-corrected chi connectivity index (χ3v) is 8.15. The minimum absolute atomic E-state index is 0.0125. The summed E-state index contributed by atoms with van der Waals surface area (Å²) < 4.78 is 40.6. The average Bonchev–Trinajstić information content (AvgIpc) is 2.93. The van der Waals surface area contributed by atoms with Crippen molar-refractivity contribution in [2.24, 2.45) is 5.92 Å². The highest BCUT2D eigenvalue weighted by molar-refractivity contribution is 7.92. The third kappa shape index (κ3) is 6.53. The Labute approximate surface area is 225 Å². The van der Waals surface area contributed by atoms with Gasteiger partial charge in [0.25, 0.3) is 15.9 Å². The second kappa shape index (κ2) is 12.0. The van der Waals surface area contributed by atoms with E-state index < -0.39 is 10.0 Å². The molecule has 0 aliphatic carbocycles. The van der Waals surface area contributed by atoms with Crippen molar-refractivity contribution in [2.75, 3.05) is 38.6 Å². The Morgan fingerprint density at radius 1 is 1.00 bits per heavy atom. The number of amides is 1. The molecule has 0 saturated carbocycles. The number of sulfonamides is 1. The molecule has 1 heterocycles. The van der Waals surface area contributed by atoms with Gasteiger partial charge in [-0.15, -0.1) is 0 Å². The van der Waals surface area contributed by atoms with Crippen molar-refractivity contribution in [3.05, 3.63) is 78.4 Å². The number of fused-ring (bicyclic) bond motifs is 1. The number of anilines is 1. The first-order chi connectivity index (χ1) is 18.2. The van der Waals surface area contributed by atoms with Crippen LogP contribution >= 0.6 is 0 Å². The summed E-state index contributed by atoms with van der Waals surface area (Å²) in [6.07, 6.45) is -0.133. The number of hydrogen-bond donors (Lipinski definition) is 2. The van der Waals surface area contributed by atoms with Gasteiger partial charge in [0, 0.05) is 39.4 Å². The molecule has 0 aromatic heterocycles. The van der Waals surface area contributed by atoms with Gasteiger partial charge in [0.2, 0.25) is 0 Å². The van der Waals surface area contributed by atoms with Crippen molar-refractivity contribution >= 4 is 21.6 Å². The lowest BCUT2D eigenvalue weighted by atomic mass is 10.0. The average molecular weight is 538 g/mol. The van der Waals surface area contributed by atoms with Crippen LogP contribution in [0.5, 0.6) is 5.75 Å². The minimum atomic E-state index is -3.86. The number of likely N-dealkylation sites (N-methyl/N-ethyl adjacent to an activating group) is 1. The van der Waals surface area contributed by atoms with Crippen molar-refractivity contribution in [3.63, 3.8) is 0 Å². The molecule has 1 amide bonds. The normalized spacial score (nSPS) is 21.0. The van der Waals surface area contributed by atoms with Gasteiger partial charge in [0.05, 0.1) is 22.3 Å². The molecule has 8 nitrogen and oxygen atoms in total. The molecule has 1 aliphatic heterocycles. The molecule has 0 fully saturated rings. The van der Waals surface area contributed by atoms with Crippen LogP contribution in [0.2, 0.25) is 0 Å². The summed E-state index contributed by atoms with van der Waals surface area (Å²) in [5.41, 5.74) is 2.60. The first kappa shape index (κ1) is 27.6. The van der Waals surface area contributed by atoms with Crippen molar-refractivity contribution in [2.45, 2.75) is 30.9 Å². The number of hydrogen-bond acceptors (Lipinski definition) is 6. The summed E-state index contributed by atoms with van der Waals surface area (Å²) in [7, 11) is -0.484. The van der Waals surface area contributed by atoms with Crippen LogP contribution < -0.4 is 14.8 Å². The molecule has 4 rings (SSSR count). The number of methoxy groups -OCH3 is 1. The van der Waals surface area contributed by atoms with E-state index in [-0.39, 0.29) is 28.9 Å². The number of benzene rings is 3. The van der Waals surface area contributed by atoms with E-state index in [1.807, 2.05) is 37.3 Å². The monoisotopic (exact) mass is 537 g/mol. The zero-order chi connectivity index (χ0) is 27.3. The molecular weight excluding hydrogens is 502 g/mol. The predicted molar refractivity (Wildman–Crippen MR) is 149 cm³/mol. The van der Waals surface area contributed by atoms with E-state index in [1.54, 1.807) is 61.5 Å². The molecule has 0 spiro atoms. The first-order valence-corrected chi connectivity index (χ1v) is 14.1. The van der Waals surface area contributed by atoms with Crippen LogP contribution in [0.25, 0.3) is 11.1 Å². The van der Waals surface area contributed by atoms with Gasteiger partial charge in [-0.05, 0) is 48.2 Å². The highest BCUT2D eigenvalue weighted by Gasteiger charge is 2.26. The van der Waals surface area contributed by atoms with E-state index in [9.17, 15) is 13.2 Å². The molecule has 38 heavy (non-hydrogen) atoms. The second-order valence-electron chi connectivity index (χ2n) is 9.76. The molecular formula is C29H35N3O5S.